The molecule has 1 aromatic carbocycles. The van der Waals surface area contributed by atoms with Gasteiger partial charge in [0.2, 0.25) is 5.13 Å². The van der Waals surface area contributed by atoms with E-state index in [0.29, 0.717) is 0 Å². The van der Waals surface area contributed by atoms with E-state index in [9.17, 15) is 0 Å². The third-order valence-corrected chi connectivity index (χ3v) is 3.48. The summed E-state index contributed by atoms with van der Waals surface area (Å²) in [5.74, 6) is 0.882. The van der Waals surface area contributed by atoms with Gasteiger partial charge >= 0.3 is 0 Å². The molecule has 1 aromatic heterocycles. The molecule has 0 aliphatic rings. The molecule has 2 rings (SSSR count). The number of hydrazone groups is 1. The van der Waals surface area contributed by atoms with Crippen molar-refractivity contribution in [3.8, 4) is 5.75 Å². The zero-order valence-corrected chi connectivity index (χ0v) is 12.6. The van der Waals surface area contributed by atoms with Crippen LogP contribution in [0.5, 0.6) is 5.75 Å². The van der Waals surface area contributed by atoms with Crippen molar-refractivity contribution < 1.29 is 4.74 Å². The Balaban J connectivity index is 1.90. The molecule has 0 saturated carbocycles. The van der Waals surface area contributed by atoms with Gasteiger partial charge in [0, 0.05) is 5.38 Å². The highest BCUT2D eigenvalue weighted by Gasteiger charge is 1.96. The lowest BCUT2D eigenvalue weighted by molar-refractivity contribution is 0.309. The molecule has 20 heavy (non-hydrogen) atoms. The van der Waals surface area contributed by atoms with E-state index in [1.165, 1.54) is 0 Å². The van der Waals surface area contributed by atoms with Gasteiger partial charge in [-0.2, -0.15) is 5.10 Å². The van der Waals surface area contributed by atoms with Crippen LogP contribution in [0.2, 0.25) is 0 Å². The number of nitrogens with one attached hydrogen (secondary N) is 1. The van der Waals surface area contributed by atoms with Gasteiger partial charge in [0.05, 0.1) is 18.5 Å². The van der Waals surface area contributed by atoms with Crippen molar-refractivity contribution in [3.63, 3.8) is 0 Å². The third-order valence-electron chi connectivity index (χ3n) is 2.62. The Morgan fingerprint density at radius 1 is 1.45 bits per heavy atom. The second-order valence-electron chi connectivity index (χ2n) is 4.44. The molecule has 1 N–H and O–H groups in total. The van der Waals surface area contributed by atoms with Crippen LogP contribution in [0.4, 0.5) is 5.13 Å². The lowest BCUT2D eigenvalue weighted by Crippen LogP contribution is -1.97. The number of aromatic nitrogens is 1. The molecular weight excluding hydrogens is 270 g/mol. The summed E-state index contributed by atoms with van der Waals surface area (Å²) in [4.78, 5) is 4.28. The molecule has 0 aliphatic carbocycles. The normalized spacial score (nSPS) is 10.9. The van der Waals surface area contributed by atoms with E-state index in [4.69, 9.17) is 4.74 Å². The molecule has 0 bridgehead atoms. The molecule has 0 saturated heterocycles. The smallest absolute Gasteiger partial charge is 0.203 e. The van der Waals surface area contributed by atoms with Crippen molar-refractivity contribution in [3.05, 3.63) is 40.9 Å². The van der Waals surface area contributed by atoms with Crippen LogP contribution in [0, 0.1) is 6.92 Å². The first-order valence-corrected chi connectivity index (χ1v) is 7.60. The highest BCUT2D eigenvalue weighted by molar-refractivity contribution is 7.13. The number of anilines is 1. The fourth-order valence-electron chi connectivity index (χ4n) is 1.59. The van der Waals surface area contributed by atoms with Gasteiger partial charge in [-0.15, -0.1) is 11.3 Å². The second-order valence-corrected chi connectivity index (χ2v) is 5.30. The largest absolute Gasteiger partial charge is 0.494 e. The fraction of sp³-hybridized carbons (Fsp3) is 0.333. The third kappa shape index (κ3) is 4.66. The number of rotatable bonds is 7. The first kappa shape index (κ1) is 14.5. The molecule has 106 valence electrons. The highest BCUT2D eigenvalue weighted by Crippen LogP contribution is 2.15. The van der Waals surface area contributed by atoms with E-state index < -0.39 is 0 Å². The zero-order chi connectivity index (χ0) is 14.2. The molecule has 0 aliphatic heterocycles. The zero-order valence-electron chi connectivity index (χ0n) is 11.8. The SMILES string of the molecule is CCCCOc1cccc(/C=N/Nc2nc(C)cs2)c1. The van der Waals surface area contributed by atoms with Gasteiger partial charge in [0.25, 0.3) is 0 Å². The van der Waals surface area contributed by atoms with Crippen LogP contribution in [0.1, 0.15) is 31.0 Å². The minimum atomic E-state index is 0.758. The number of hydrogen-bond donors (Lipinski definition) is 1. The summed E-state index contributed by atoms with van der Waals surface area (Å²) in [5.41, 5.74) is 4.92. The average Bonchev–Trinajstić information content (AvgIpc) is 2.85. The van der Waals surface area contributed by atoms with E-state index in [-0.39, 0.29) is 0 Å². The van der Waals surface area contributed by atoms with Crippen molar-refractivity contribution in [2.45, 2.75) is 26.7 Å². The number of aryl methyl sites for hydroxylation is 1. The van der Waals surface area contributed by atoms with E-state index in [1.807, 2.05) is 36.6 Å². The molecule has 4 nitrogen and oxygen atoms in total. The van der Waals surface area contributed by atoms with Crippen molar-refractivity contribution in [2.75, 3.05) is 12.0 Å². The van der Waals surface area contributed by atoms with Crippen LogP contribution in [0.25, 0.3) is 0 Å². The van der Waals surface area contributed by atoms with Crippen LogP contribution in [0.3, 0.4) is 0 Å². The van der Waals surface area contributed by atoms with Crippen LogP contribution < -0.4 is 10.2 Å². The van der Waals surface area contributed by atoms with E-state index in [1.54, 1.807) is 17.6 Å². The van der Waals surface area contributed by atoms with Crippen molar-refractivity contribution in [1.29, 1.82) is 0 Å². The maximum atomic E-state index is 5.66. The van der Waals surface area contributed by atoms with Gasteiger partial charge in [-0.05, 0) is 31.0 Å². The average molecular weight is 289 g/mol. The Morgan fingerprint density at radius 3 is 3.10 bits per heavy atom. The van der Waals surface area contributed by atoms with Gasteiger partial charge in [-0.25, -0.2) is 4.98 Å². The van der Waals surface area contributed by atoms with Crippen molar-refractivity contribution >= 4 is 22.7 Å². The maximum absolute atomic E-state index is 5.66. The molecule has 0 unspecified atom stereocenters. The monoisotopic (exact) mass is 289 g/mol. The standard InChI is InChI=1S/C15H19N3OS/c1-3-4-8-19-14-7-5-6-13(9-14)10-16-18-15-17-12(2)11-20-15/h5-7,9-11H,3-4,8H2,1-2H3,(H,17,18)/b16-10+. The summed E-state index contributed by atoms with van der Waals surface area (Å²) in [6.45, 7) is 4.87. The van der Waals surface area contributed by atoms with Crippen molar-refractivity contribution in [1.82, 2.24) is 4.98 Å². The number of unbranched alkanes of at least 4 members (excludes halogenated alkanes) is 1. The summed E-state index contributed by atoms with van der Waals surface area (Å²) in [6, 6.07) is 7.90. The molecule has 0 atom stereocenters. The molecule has 0 amide bonds. The van der Waals surface area contributed by atoms with Gasteiger partial charge in [0.1, 0.15) is 5.75 Å². The fourth-order valence-corrected chi connectivity index (χ4v) is 2.22. The molecule has 1 heterocycles. The minimum absolute atomic E-state index is 0.758. The van der Waals surface area contributed by atoms with Gasteiger partial charge < -0.3 is 4.74 Å². The van der Waals surface area contributed by atoms with E-state index >= 15 is 0 Å². The van der Waals surface area contributed by atoms with Gasteiger partial charge in [-0.1, -0.05) is 25.5 Å². The Bertz CT molecular complexity index is 566. The molecule has 2 aromatic rings. The summed E-state index contributed by atoms with van der Waals surface area (Å²) < 4.78 is 5.66. The van der Waals surface area contributed by atoms with Crippen molar-refractivity contribution in [2.24, 2.45) is 5.10 Å². The van der Waals surface area contributed by atoms with E-state index in [2.05, 4.69) is 22.4 Å². The lowest BCUT2D eigenvalue weighted by Gasteiger charge is -2.05. The molecule has 0 radical (unpaired) electrons. The summed E-state index contributed by atoms with van der Waals surface area (Å²) in [5, 5.41) is 6.97. The Morgan fingerprint density at radius 2 is 2.35 bits per heavy atom. The van der Waals surface area contributed by atoms with Crippen LogP contribution >= 0.6 is 11.3 Å². The first-order chi connectivity index (χ1) is 9.78. The minimum Gasteiger partial charge on any atom is -0.494 e. The topological polar surface area (TPSA) is 46.5 Å². The number of benzene rings is 1. The number of ether oxygens (including phenoxy) is 1. The van der Waals surface area contributed by atoms with Gasteiger partial charge in [-0.3, -0.25) is 5.43 Å². The predicted molar refractivity (Wildman–Crippen MR) is 84.9 cm³/mol. The predicted octanol–water partition coefficient (Wildman–Crippen LogP) is 4.08. The Labute approximate surface area is 123 Å². The quantitative estimate of drug-likeness (QED) is 0.474. The Kier molecular flexibility index (Phi) is 5.55. The highest BCUT2D eigenvalue weighted by atomic mass is 32.1. The molecule has 0 fully saturated rings. The second kappa shape index (κ2) is 7.65. The summed E-state index contributed by atoms with van der Waals surface area (Å²) in [7, 11) is 0. The van der Waals surface area contributed by atoms with Gasteiger partial charge in [0.15, 0.2) is 0 Å². The number of hydrogen-bond acceptors (Lipinski definition) is 5. The van der Waals surface area contributed by atoms with E-state index in [0.717, 1.165) is 41.6 Å². The first-order valence-electron chi connectivity index (χ1n) is 6.72. The molecule has 5 heteroatoms. The van der Waals surface area contributed by atoms with Crippen LogP contribution in [-0.2, 0) is 0 Å². The number of thiazole rings is 1. The Hall–Kier alpha value is -1.88. The number of nitrogens with zero attached hydrogens (tertiary/aromatic N) is 2. The molecular formula is C15H19N3OS. The lowest BCUT2D eigenvalue weighted by atomic mass is 10.2. The van der Waals surface area contributed by atoms with Crippen LogP contribution in [-0.4, -0.2) is 17.8 Å². The maximum Gasteiger partial charge on any atom is 0.203 e. The summed E-state index contributed by atoms with van der Waals surface area (Å²) in [6.07, 6.45) is 3.98. The molecule has 0 spiro atoms. The van der Waals surface area contributed by atoms with Crippen LogP contribution in [0.15, 0.2) is 34.7 Å². The summed E-state index contributed by atoms with van der Waals surface area (Å²) >= 11 is 1.54.